The zero-order valence-corrected chi connectivity index (χ0v) is 17.1. The van der Waals surface area contributed by atoms with E-state index < -0.39 is 11.5 Å². The molecule has 0 saturated carbocycles. The number of rotatable bonds is 1. The number of ether oxygens (including phenoxy) is 1. The molecule has 0 N–H and O–H groups in total. The van der Waals surface area contributed by atoms with E-state index in [1.54, 1.807) is 17.0 Å². The Balaban J connectivity index is 1.77. The molecule has 0 aliphatic carbocycles. The van der Waals surface area contributed by atoms with Crippen molar-refractivity contribution in [3.05, 3.63) is 27.6 Å². The summed E-state index contributed by atoms with van der Waals surface area (Å²) in [4.78, 5) is 24.0. The highest BCUT2D eigenvalue weighted by atomic mass is 79.9. The van der Waals surface area contributed by atoms with Gasteiger partial charge in [0, 0.05) is 30.7 Å². The molecule has 1 amide bonds. The van der Waals surface area contributed by atoms with Crippen LogP contribution in [0.15, 0.2) is 16.6 Å². The highest BCUT2D eigenvalue weighted by molar-refractivity contribution is 9.10. The summed E-state index contributed by atoms with van der Waals surface area (Å²) in [6.07, 6.45) is -0.349. The number of hydrogen-bond acceptors (Lipinski definition) is 5. The van der Waals surface area contributed by atoms with Crippen LogP contribution in [0.1, 0.15) is 20.8 Å². The van der Waals surface area contributed by atoms with Gasteiger partial charge in [-0.25, -0.2) is 9.78 Å². The predicted octanol–water partition coefficient (Wildman–Crippen LogP) is 4.24. The molecule has 1 saturated heterocycles. The van der Waals surface area contributed by atoms with Crippen LogP contribution in [-0.4, -0.2) is 52.7 Å². The van der Waals surface area contributed by atoms with Crippen molar-refractivity contribution in [3.8, 4) is 0 Å². The first-order chi connectivity index (χ1) is 12.1. The molecule has 0 unspecified atom stereocenters. The molecule has 1 aromatic heterocycles. The van der Waals surface area contributed by atoms with Gasteiger partial charge in [0.05, 0.1) is 15.9 Å². The van der Waals surface area contributed by atoms with Crippen molar-refractivity contribution < 1.29 is 13.9 Å². The van der Waals surface area contributed by atoms with E-state index in [1.807, 2.05) is 25.7 Å². The molecule has 2 heterocycles. The maximum atomic E-state index is 14.4. The topological polar surface area (TPSA) is 58.6 Å². The minimum Gasteiger partial charge on any atom is -0.444 e. The molecular formula is C17H19BrClFN4O2. The maximum Gasteiger partial charge on any atom is 0.410 e. The van der Waals surface area contributed by atoms with Gasteiger partial charge < -0.3 is 14.5 Å². The second-order valence-corrected chi connectivity index (χ2v) is 8.37. The lowest BCUT2D eigenvalue weighted by atomic mass is 10.2. The second-order valence-electron chi connectivity index (χ2n) is 7.05. The van der Waals surface area contributed by atoms with Gasteiger partial charge in [0.2, 0.25) is 11.9 Å². The molecule has 1 fully saturated rings. The third kappa shape index (κ3) is 4.17. The third-order valence-electron chi connectivity index (χ3n) is 3.87. The van der Waals surface area contributed by atoms with Crippen molar-refractivity contribution in [2.45, 2.75) is 26.4 Å². The second kappa shape index (κ2) is 7.15. The summed E-state index contributed by atoms with van der Waals surface area (Å²) in [6, 6.07) is 3.31. The summed E-state index contributed by atoms with van der Waals surface area (Å²) < 4.78 is 20.5. The maximum absolute atomic E-state index is 14.4. The van der Waals surface area contributed by atoms with E-state index in [0.717, 1.165) is 0 Å². The van der Waals surface area contributed by atoms with E-state index in [2.05, 4.69) is 25.9 Å². The van der Waals surface area contributed by atoms with Gasteiger partial charge in [-0.2, -0.15) is 9.37 Å². The Labute approximate surface area is 164 Å². The Morgan fingerprint density at radius 1 is 1.23 bits per heavy atom. The van der Waals surface area contributed by atoms with E-state index >= 15 is 0 Å². The van der Waals surface area contributed by atoms with Crippen LogP contribution in [0, 0.1) is 5.95 Å². The number of nitrogens with zero attached hydrogens (tertiary/aromatic N) is 4. The number of piperazine rings is 1. The van der Waals surface area contributed by atoms with Gasteiger partial charge in [0.15, 0.2) is 0 Å². The molecule has 0 spiro atoms. The van der Waals surface area contributed by atoms with Crippen molar-refractivity contribution in [3.63, 3.8) is 0 Å². The van der Waals surface area contributed by atoms with Gasteiger partial charge in [-0.3, -0.25) is 0 Å². The van der Waals surface area contributed by atoms with Crippen LogP contribution in [0.3, 0.4) is 0 Å². The quantitative estimate of drug-likeness (QED) is 0.615. The summed E-state index contributed by atoms with van der Waals surface area (Å²) in [6.45, 7) is 7.38. The van der Waals surface area contributed by atoms with E-state index in [0.29, 0.717) is 36.2 Å². The van der Waals surface area contributed by atoms with Gasteiger partial charge in [-0.1, -0.05) is 27.5 Å². The average molecular weight is 446 g/mol. The van der Waals surface area contributed by atoms with Crippen molar-refractivity contribution in [1.82, 2.24) is 14.9 Å². The SMILES string of the molecule is CC(C)(C)OC(=O)N1CCN(c2nc(F)c3c(Cl)cc(Br)cc3n2)CC1. The number of amides is 1. The fraction of sp³-hybridized carbons (Fsp3) is 0.471. The molecular weight excluding hydrogens is 427 g/mol. The molecule has 1 aliphatic rings. The van der Waals surface area contributed by atoms with Crippen LogP contribution in [-0.2, 0) is 4.74 Å². The summed E-state index contributed by atoms with van der Waals surface area (Å²) in [7, 11) is 0. The monoisotopic (exact) mass is 444 g/mol. The molecule has 6 nitrogen and oxygen atoms in total. The third-order valence-corrected chi connectivity index (χ3v) is 4.63. The molecule has 3 rings (SSSR count). The van der Waals surface area contributed by atoms with Crippen LogP contribution >= 0.6 is 27.5 Å². The summed E-state index contributed by atoms with van der Waals surface area (Å²) >= 11 is 9.43. The number of hydrogen-bond donors (Lipinski definition) is 0. The van der Waals surface area contributed by atoms with E-state index in [4.69, 9.17) is 16.3 Å². The number of benzene rings is 1. The number of anilines is 1. The Morgan fingerprint density at radius 3 is 2.50 bits per heavy atom. The summed E-state index contributed by atoms with van der Waals surface area (Å²) in [5, 5.41) is 0.458. The molecule has 26 heavy (non-hydrogen) atoms. The highest BCUT2D eigenvalue weighted by Crippen LogP contribution is 2.30. The van der Waals surface area contributed by atoms with Gasteiger partial charge in [0.1, 0.15) is 5.60 Å². The zero-order valence-electron chi connectivity index (χ0n) is 14.7. The lowest BCUT2D eigenvalue weighted by Crippen LogP contribution is -2.50. The molecule has 9 heteroatoms. The Bertz CT molecular complexity index is 851. The predicted molar refractivity (Wildman–Crippen MR) is 102 cm³/mol. The van der Waals surface area contributed by atoms with Gasteiger partial charge in [-0.15, -0.1) is 0 Å². The number of fused-ring (bicyclic) bond motifs is 1. The summed E-state index contributed by atoms with van der Waals surface area (Å²) in [5.74, 6) is -0.370. The first-order valence-electron chi connectivity index (χ1n) is 8.19. The van der Waals surface area contributed by atoms with E-state index in [1.165, 1.54) is 0 Å². The van der Waals surface area contributed by atoms with Crippen LogP contribution in [0.25, 0.3) is 10.9 Å². The number of aromatic nitrogens is 2. The van der Waals surface area contributed by atoms with E-state index in [-0.39, 0.29) is 22.5 Å². The minimum absolute atomic E-state index is 0.200. The van der Waals surface area contributed by atoms with E-state index in [9.17, 15) is 9.18 Å². The largest absolute Gasteiger partial charge is 0.444 e. The van der Waals surface area contributed by atoms with Crippen LogP contribution in [0.4, 0.5) is 15.1 Å². The summed E-state index contributed by atoms with van der Waals surface area (Å²) in [5.41, 5.74) is -0.104. The Morgan fingerprint density at radius 2 is 1.88 bits per heavy atom. The Kier molecular flexibility index (Phi) is 5.25. The highest BCUT2D eigenvalue weighted by Gasteiger charge is 2.27. The fourth-order valence-electron chi connectivity index (χ4n) is 2.69. The lowest BCUT2D eigenvalue weighted by molar-refractivity contribution is 0.0240. The standard InChI is InChI=1S/C17H19BrClFN4O2/c1-17(2,3)26-16(25)24-6-4-23(5-7-24)15-21-12-9-10(18)8-11(19)13(12)14(20)22-15/h8-9H,4-7H2,1-3H3. The number of carbonyl (C=O) groups is 1. The molecule has 140 valence electrons. The minimum atomic E-state index is -0.655. The molecule has 0 radical (unpaired) electrons. The van der Waals surface area contributed by atoms with Gasteiger partial charge in [-0.05, 0) is 32.9 Å². The molecule has 1 aromatic carbocycles. The lowest BCUT2D eigenvalue weighted by Gasteiger charge is -2.35. The molecule has 2 aromatic rings. The van der Waals surface area contributed by atoms with Crippen LogP contribution in [0.5, 0.6) is 0 Å². The van der Waals surface area contributed by atoms with Crippen molar-refractivity contribution in [1.29, 1.82) is 0 Å². The van der Waals surface area contributed by atoms with Crippen molar-refractivity contribution in [2.24, 2.45) is 0 Å². The normalized spacial score (nSPS) is 15.5. The molecule has 0 atom stereocenters. The van der Waals surface area contributed by atoms with Crippen molar-refractivity contribution >= 4 is 50.5 Å². The zero-order chi connectivity index (χ0) is 19.1. The van der Waals surface area contributed by atoms with Crippen LogP contribution < -0.4 is 4.90 Å². The molecule has 0 bridgehead atoms. The van der Waals surface area contributed by atoms with Crippen LogP contribution in [0.2, 0.25) is 5.02 Å². The number of halogens is 3. The van der Waals surface area contributed by atoms with Gasteiger partial charge >= 0.3 is 6.09 Å². The van der Waals surface area contributed by atoms with Gasteiger partial charge in [0.25, 0.3) is 0 Å². The average Bonchev–Trinajstić information content (AvgIpc) is 2.52. The number of carbonyl (C=O) groups excluding carboxylic acids is 1. The Hall–Kier alpha value is -1.67. The first-order valence-corrected chi connectivity index (χ1v) is 9.36. The van der Waals surface area contributed by atoms with Crippen molar-refractivity contribution in [2.75, 3.05) is 31.1 Å². The first kappa shape index (κ1) is 19.1. The fourth-order valence-corrected chi connectivity index (χ4v) is 3.56. The smallest absolute Gasteiger partial charge is 0.410 e. The molecule has 1 aliphatic heterocycles.